The molecule has 0 aliphatic rings. The van der Waals surface area contributed by atoms with Crippen molar-refractivity contribution in [3.8, 4) is 0 Å². The molecule has 32 heavy (non-hydrogen) atoms. The number of hydrogen-bond donors (Lipinski definition) is 3. The number of rotatable bonds is 8. The molecule has 3 N–H and O–H groups in total. The molecule has 0 saturated heterocycles. The number of carbonyl (C=O) groups is 2. The fourth-order valence-electron chi connectivity index (χ4n) is 2.86. The maximum atomic E-state index is 12.7. The zero-order chi connectivity index (χ0) is 23.1. The zero-order valence-electron chi connectivity index (χ0n) is 17.3. The Morgan fingerprint density at radius 1 is 0.875 bits per heavy atom. The van der Waals surface area contributed by atoms with Crippen LogP contribution in [0.5, 0.6) is 0 Å². The van der Waals surface area contributed by atoms with Crippen molar-refractivity contribution in [2.45, 2.75) is 18.2 Å². The van der Waals surface area contributed by atoms with Crippen molar-refractivity contribution < 1.29 is 18.0 Å². The summed E-state index contributed by atoms with van der Waals surface area (Å²) in [6.07, 6.45) is 0.791. The Morgan fingerprint density at radius 2 is 1.56 bits per heavy atom. The van der Waals surface area contributed by atoms with Gasteiger partial charge in [0.05, 0.1) is 26.9 Å². The van der Waals surface area contributed by atoms with Crippen molar-refractivity contribution in [2.24, 2.45) is 0 Å². The lowest BCUT2D eigenvalue weighted by Crippen LogP contribution is -2.25. The molecule has 0 aliphatic heterocycles. The molecular formula is C23H22ClN3O4S. The first-order valence-corrected chi connectivity index (χ1v) is 11.7. The Morgan fingerprint density at radius 3 is 2.25 bits per heavy atom. The molecule has 0 atom stereocenters. The van der Waals surface area contributed by atoms with Crippen molar-refractivity contribution in [2.75, 3.05) is 16.6 Å². The fourth-order valence-corrected chi connectivity index (χ4v) is 4.25. The predicted molar refractivity (Wildman–Crippen MR) is 126 cm³/mol. The third-order valence-corrected chi connectivity index (χ3v) is 6.18. The lowest BCUT2D eigenvalue weighted by atomic mass is 10.1. The van der Waals surface area contributed by atoms with Crippen LogP contribution in [0.1, 0.15) is 34.1 Å². The molecule has 3 rings (SSSR count). The SMILES string of the molecule is CCCNC(=O)c1ccccc1NC(=O)c1ccc(NS(=O)(=O)c2ccccc2)c(Cl)c1. The minimum atomic E-state index is -3.82. The van der Waals surface area contributed by atoms with E-state index < -0.39 is 15.9 Å². The van der Waals surface area contributed by atoms with Gasteiger partial charge >= 0.3 is 0 Å². The number of amides is 2. The summed E-state index contributed by atoms with van der Waals surface area (Å²) < 4.78 is 27.4. The Kier molecular flexibility index (Phi) is 7.50. The maximum absolute atomic E-state index is 12.7. The first-order valence-electron chi connectivity index (χ1n) is 9.88. The molecule has 0 heterocycles. The summed E-state index contributed by atoms with van der Waals surface area (Å²) >= 11 is 6.24. The van der Waals surface area contributed by atoms with E-state index in [0.717, 1.165) is 6.42 Å². The molecule has 0 saturated carbocycles. The van der Waals surface area contributed by atoms with Gasteiger partial charge in [0.2, 0.25) is 0 Å². The Bertz CT molecular complexity index is 1230. The second kappa shape index (κ2) is 10.3. The zero-order valence-corrected chi connectivity index (χ0v) is 18.8. The van der Waals surface area contributed by atoms with Crippen molar-refractivity contribution in [1.82, 2.24) is 5.32 Å². The number of hydrogen-bond acceptors (Lipinski definition) is 4. The number of anilines is 2. The summed E-state index contributed by atoms with van der Waals surface area (Å²) in [6, 6.07) is 18.8. The number of para-hydroxylation sites is 1. The van der Waals surface area contributed by atoms with Gasteiger partial charge < -0.3 is 10.6 Å². The highest BCUT2D eigenvalue weighted by Crippen LogP contribution is 2.26. The number of halogens is 1. The highest BCUT2D eigenvalue weighted by atomic mass is 35.5. The number of sulfonamides is 1. The van der Waals surface area contributed by atoms with Crippen LogP contribution in [0, 0.1) is 0 Å². The van der Waals surface area contributed by atoms with Gasteiger partial charge in [-0.05, 0) is 48.9 Å². The van der Waals surface area contributed by atoms with E-state index in [2.05, 4.69) is 15.4 Å². The van der Waals surface area contributed by atoms with Gasteiger partial charge in [-0.25, -0.2) is 8.42 Å². The molecular weight excluding hydrogens is 450 g/mol. The molecule has 166 valence electrons. The first kappa shape index (κ1) is 23.3. The van der Waals surface area contributed by atoms with E-state index in [9.17, 15) is 18.0 Å². The van der Waals surface area contributed by atoms with Crippen molar-refractivity contribution >= 4 is 44.8 Å². The molecule has 0 unspecified atom stereocenters. The topological polar surface area (TPSA) is 104 Å². The molecule has 9 heteroatoms. The highest BCUT2D eigenvalue weighted by molar-refractivity contribution is 7.92. The van der Waals surface area contributed by atoms with Crippen LogP contribution >= 0.6 is 11.6 Å². The second-order valence-corrected chi connectivity index (χ2v) is 8.96. The smallest absolute Gasteiger partial charge is 0.261 e. The summed E-state index contributed by atoms with van der Waals surface area (Å²) in [5.74, 6) is -0.772. The van der Waals surface area contributed by atoms with E-state index in [1.807, 2.05) is 6.92 Å². The first-order chi connectivity index (χ1) is 15.3. The van der Waals surface area contributed by atoms with Gasteiger partial charge in [-0.2, -0.15) is 0 Å². The third kappa shape index (κ3) is 5.66. The lowest BCUT2D eigenvalue weighted by Gasteiger charge is -2.13. The number of benzene rings is 3. The standard InChI is InChI=1S/C23H22ClN3O4S/c1-2-14-25-23(29)18-10-6-7-11-20(18)26-22(28)16-12-13-21(19(24)15-16)27-32(30,31)17-8-4-3-5-9-17/h3-13,15,27H,2,14H2,1H3,(H,25,29)(H,26,28). The summed E-state index contributed by atoms with van der Waals surface area (Å²) in [4.78, 5) is 25.2. The van der Waals surface area contributed by atoms with Crippen molar-refractivity contribution in [1.29, 1.82) is 0 Å². The van der Waals surface area contributed by atoms with Crippen LogP contribution in [0.15, 0.2) is 77.7 Å². The van der Waals surface area contributed by atoms with Gasteiger partial charge in [0.15, 0.2) is 0 Å². The average Bonchev–Trinajstić information content (AvgIpc) is 2.79. The fraction of sp³-hybridized carbons (Fsp3) is 0.130. The van der Waals surface area contributed by atoms with Gasteiger partial charge in [0.1, 0.15) is 0 Å². The normalized spacial score (nSPS) is 10.9. The van der Waals surface area contributed by atoms with Gasteiger partial charge in [-0.1, -0.05) is 48.9 Å². The predicted octanol–water partition coefficient (Wildman–Crippen LogP) is 4.53. The minimum Gasteiger partial charge on any atom is -0.352 e. The van der Waals surface area contributed by atoms with Crippen LogP contribution in [0.2, 0.25) is 5.02 Å². The highest BCUT2D eigenvalue weighted by Gasteiger charge is 2.18. The second-order valence-electron chi connectivity index (χ2n) is 6.87. The maximum Gasteiger partial charge on any atom is 0.261 e. The molecule has 2 amide bonds. The third-order valence-electron chi connectivity index (χ3n) is 4.48. The van der Waals surface area contributed by atoms with Crippen LogP contribution in [-0.4, -0.2) is 26.8 Å². The van der Waals surface area contributed by atoms with E-state index in [1.54, 1.807) is 42.5 Å². The van der Waals surface area contributed by atoms with E-state index in [4.69, 9.17) is 11.6 Å². The monoisotopic (exact) mass is 471 g/mol. The lowest BCUT2D eigenvalue weighted by molar-refractivity contribution is 0.0954. The van der Waals surface area contributed by atoms with Gasteiger partial charge in [-0.15, -0.1) is 0 Å². The Hall–Kier alpha value is -3.36. The Labute approximate surface area is 191 Å². The quantitative estimate of drug-likeness (QED) is 0.448. The van der Waals surface area contributed by atoms with E-state index in [0.29, 0.717) is 17.8 Å². The summed E-state index contributed by atoms with van der Waals surface area (Å²) in [5.41, 5.74) is 1.05. The average molecular weight is 472 g/mol. The molecule has 0 radical (unpaired) electrons. The molecule has 3 aromatic rings. The number of nitrogens with one attached hydrogen (secondary N) is 3. The molecule has 0 spiro atoms. The van der Waals surface area contributed by atoms with Gasteiger partial charge in [0, 0.05) is 12.1 Å². The molecule has 0 aliphatic carbocycles. The van der Waals surface area contributed by atoms with Crippen LogP contribution in [0.25, 0.3) is 0 Å². The molecule has 3 aromatic carbocycles. The summed E-state index contributed by atoms with van der Waals surface area (Å²) in [6.45, 7) is 2.47. The minimum absolute atomic E-state index is 0.0612. The van der Waals surface area contributed by atoms with Gasteiger partial charge in [0.25, 0.3) is 21.8 Å². The molecule has 0 aromatic heterocycles. The van der Waals surface area contributed by atoms with Crippen LogP contribution in [0.3, 0.4) is 0 Å². The van der Waals surface area contributed by atoms with Crippen LogP contribution < -0.4 is 15.4 Å². The van der Waals surface area contributed by atoms with E-state index in [-0.39, 0.29) is 27.1 Å². The molecule has 7 nitrogen and oxygen atoms in total. The summed E-state index contributed by atoms with van der Waals surface area (Å²) in [7, 11) is -3.82. The summed E-state index contributed by atoms with van der Waals surface area (Å²) in [5, 5.41) is 5.55. The van der Waals surface area contributed by atoms with Gasteiger partial charge in [-0.3, -0.25) is 14.3 Å². The number of carbonyl (C=O) groups excluding carboxylic acids is 2. The molecule has 0 fully saturated rings. The van der Waals surface area contributed by atoms with Crippen molar-refractivity contribution in [3.63, 3.8) is 0 Å². The van der Waals surface area contributed by atoms with E-state index in [1.165, 1.54) is 30.3 Å². The largest absolute Gasteiger partial charge is 0.352 e. The molecule has 0 bridgehead atoms. The van der Waals surface area contributed by atoms with Crippen LogP contribution in [-0.2, 0) is 10.0 Å². The van der Waals surface area contributed by atoms with Crippen LogP contribution in [0.4, 0.5) is 11.4 Å². The Balaban J connectivity index is 1.77. The van der Waals surface area contributed by atoms with E-state index >= 15 is 0 Å². The van der Waals surface area contributed by atoms with Crippen molar-refractivity contribution in [3.05, 3.63) is 88.9 Å².